The summed E-state index contributed by atoms with van der Waals surface area (Å²) in [6.07, 6.45) is 2.29. The highest BCUT2D eigenvalue weighted by Gasteiger charge is 2.28. The van der Waals surface area contributed by atoms with Gasteiger partial charge in [0.25, 0.3) is 5.91 Å². The molecule has 3 rings (SSSR count). The summed E-state index contributed by atoms with van der Waals surface area (Å²) in [6, 6.07) is 7.56. The lowest BCUT2D eigenvalue weighted by atomic mass is 10.2. The summed E-state index contributed by atoms with van der Waals surface area (Å²) in [5, 5.41) is 3.09. The van der Waals surface area contributed by atoms with E-state index in [1.54, 1.807) is 11.1 Å². The summed E-state index contributed by atoms with van der Waals surface area (Å²) < 4.78 is 5.64. The zero-order valence-electron chi connectivity index (χ0n) is 15.2. The molecule has 0 unspecified atom stereocenters. The molecule has 0 atom stereocenters. The second-order valence-electron chi connectivity index (χ2n) is 6.04. The number of nitrogens with zero attached hydrogens (tertiary/aromatic N) is 4. The van der Waals surface area contributed by atoms with E-state index < -0.39 is 0 Å². The Morgan fingerprint density at radius 2 is 2.19 bits per heavy atom. The van der Waals surface area contributed by atoms with E-state index in [9.17, 15) is 4.79 Å². The first-order valence-corrected chi connectivity index (χ1v) is 8.80. The van der Waals surface area contributed by atoms with Crippen LogP contribution in [0.2, 0.25) is 0 Å². The number of hydrogen-bond acceptors (Lipinski definition) is 6. The molecule has 0 spiro atoms. The fourth-order valence-corrected chi connectivity index (χ4v) is 2.84. The smallest absolute Gasteiger partial charge is 0.263 e. The first-order valence-electron chi connectivity index (χ1n) is 8.80. The summed E-state index contributed by atoms with van der Waals surface area (Å²) in [5.74, 6) is 1.80. The van der Waals surface area contributed by atoms with Crippen LogP contribution in [0.3, 0.4) is 0 Å². The van der Waals surface area contributed by atoms with Crippen molar-refractivity contribution in [1.29, 1.82) is 0 Å². The number of amides is 1. The fourth-order valence-electron chi connectivity index (χ4n) is 2.84. The fraction of sp³-hybridized carbons (Fsp3) is 0.368. The van der Waals surface area contributed by atoms with Crippen LogP contribution in [0.4, 0.5) is 17.5 Å². The minimum Gasteiger partial charge on any atom is -0.494 e. The van der Waals surface area contributed by atoms with Gasteiger partial charge < -0.3 is 19.9 Å². The molecule has 1 aromatic carbocycles. The third-order valence-corrected chi connectivity index (χ3v) is 4.14. The van der Waals surface area contributed by atoms with E-state index in [-0.39, 0.29) is 5.91 Å². The summed E-state index contributed by atoms with van der Waals surface area (Å²) in [7, 11) is 1.94. The lowest BCUT2D eigenvalue weighted by Crippen LogP contribution is -2.33. The Morgan fingerprint density at radius 1 is 1.35 bits per heavy atom. The molecule has 1 aliphatic heterocycles. The molecule has 0 fully saturated rings. The molecular weight excluding hydrogens is 330 g/mol. The lowest BCUT2D eigenvalue weighted by Gasteiger charge is -2.21. The monoisotopic (exact) mass is 354 g/mol. The first kappa shape index (κ1) is 18.0. The van der Waals surface area contributed by atoms with Gasteiger partial charge in [-0.05, 0) is 32.4 Å². The molecule has 7 heteroatoms. The number of nitrogens with one attached hydrogen (secondary N) is 1. The molecule has 26 heavy (non-hydrogen) atoms. The maximum atomic E-state index is 13.1. The highest BCUT2D eigenvalue weighted by atomic mass is 16.5. The van der Waals surface area contributed by atoms with Gasteiger partial charge >= 0.3 is 0 Å². The Morgan fingerprint density at radius 3 is 2.96 bits per heavy atom. The van der Waals surface area contributed by atoms with Crippen LogP contribution in [0.25, 0.3) is 0 Å². The van der Waals surface area contributed by atoms with Crippen LogP contribution in [0.1, 0.15) is 23.7 Å². The molecule has 0 saturated heterocycles. The molecule has 1 amide bonds. The normalized spacial score (nSPS) is 14.0. The van der Waals surface area contributed by atoms with Gasteiger partial charge in [-0.25, -0.2) is 4.98 Å². The highest BCUT2D eigenvalue weighted by Crippen LogP contribution is 2.28. The number of aromatic nitrogens is 2. The van der Waals surface area contributed by atoms with Gasteiger partial charge in [0.05, 0.1) is 6.61 Å². The van der Waals surface area contributed by atoms with Crippen molar-refractivity contribution in [3.05, 3.63) is 42.9 Å². The maximum absolute atomic E-state index is 13.1. The lowest BCUT2D eigenvalue weighted by molar-refractivity contribution is 0.0989. The van der Waals surface area contributed by atoms with Crippen LogP contribution < -0.4 is 19.9 Å². The first-order chi connectivity index (χ1) is 12.6. The maximum Gasteiger partial charge on any atom is 0.263 e. The Hall–Kier alpha value is -2.83. The van der Waals surface area contributed by atoms with Crippen LogP contribution in [-0.4, -0.2) is 49.2 Å². The molecule has 1 N–H and O–H groups in total. The molecule has 1 aromatic heterocycles. The van der Waals surface area contributed by atoms with E-state index in [2.05, 4.69) is 22.2 Å². The van der Waals surface area contributed by atoms with Crippen molar-refractivity contribution in [3.8, 4) is 5.75 Å². The van der Waals surface area contributed by atoms with Crippen molar-refractivity contribution in [3.63, 3.8) is 0 Å². The Balaban J connectivity index is 1.92. The van der Waals surface area contributed by atoms with E-state index in [1.807, 2.05) is 43.1 Å². The summed E-state index contributed by atoms with van der Waals surface area (Å²) in [4.78, 5) is 25.6. The molecule has 2 aromatic rings. The molecule has 7 nitrogen and oxygen atoms in total. The second kappa shape index (κ2) is 8.03. The predicted molar refractivity (Wildman–Crippen MR) is 103 cm³/mol. The van der Waals surface area contributed by atoms with Crippen LogP contribution in [-0.2, 0) is 0 Å². The van der Waals surface area contributed by atoms with Gasteiger partial charge in [-0.1, -0.05) is 6.07 Å². The molecule has 0 bridgehead atoms. The summed E-state index contributed by atoms with van der Waals surface area (Å²) in [6.45, 7) is 8.26. The second-order valence-corrected chi connectivity index (χ2v) is 6.04. The number of rotatable bonds is 6. The summed E-state index contributed by atoms with van der Waals surface area (Å²) in [5.41, 5.74) is 1.30. The van der Waals surface area contributed by atoms with Gasteiger partial charge in [0.15, 0.2) is 0 Å². The van der Waals surface area contributed by atoms with Crippen LogP contribution >= 0.6 is 0 Å². The van der Waals surface area contributed by atoms with Crippen molar-refractivity contribution in [2.75, 3.05) is 48.4 Å². The van der Waals surface area contributed by atoms with Crippen molar-refractivity contribution in [2.24, 2.45) is 0 Å². The SMILES string of the molecule is [CH2]CCOc1cccc(N2CCN(C)c3nc(NCC)ncc3C2=O)c1. The largest absolute Gasteiger partial charge is 0.494 e. The van der Waals surface area contributed by atoms with Crippen molar-refractivity contribution >= 4 is 23.4 Å². The van der Waals surface area contributed by atoms with E-state index in [1.165, 1.54) is 0 Å². The average Bonchev–Trinajstić information content (AvgIpc) is 2.78. The zero-order valence-corrected chi connectivity index (χ0v) is 15.2. The number of ether oxygens (including phenoxy) is 1. The number of anilines is 3. The van der Waals surface area contributed by atoms with E-state index in [0.29, 0.717) is 43.4 Å². The minimum atomic E-state index is -0.110. The highest BCUT2D eigenvalue weighted by molar-refractivity contribution is 6.09. The van der Waals surface area contributed by atoms with Gasteiger partial charge in [-0.3, -0.25) is 4.79 Å². The topological polar surface area (TPSA) is 70.6 Å². The van der Waals surface area contributed by atoms with Gasteiger partial charge in [0.1, 0.15) is 17.1 Å². The molecule has 0 aliphatic carbocycles. The standard InChI is InChI=1S/C19H24N5O2/c1-4-11-26-15-8-6-7-14(12-15)24-10-9-23(3)17-16(18(24)25)13-21-19(22-17)20-5-2/h6-8,12-13H,1,4-5,9-11H2,2-3H3,(H,20,21,22). The molecule has 2 heterocycles. The molecule has 1 radical (unpaired) electrons. The van der Waals surface area contributed by atoms with Gasteiger partial charge in [-0.2, -0.15) is 4.98 Å². The molecular formula is C19H24N5O2. The Labute approximate surface area is 154 Å². The number of carbonyl (C=O) groups is 1. The minimum absolute atomic E-state index is 0.110. The van der Waals surface area contributed by atoms with Gasteiger partial charge in [-0.15, -0.1) is 0 Å². The zero-order chi connectivity index (χ0) is 18.5. The molecule has 0 saturated carbocycles. The van der Waals surface area contributed by atoms with Crippen LogP contribution in [0.5, 0.6) is 5.75 Å². The predicted octanol–water partition coefficient (Wildman–Crippen LogP) is 2.61. The van der Waals surface area contributed by atoms with Gasteiger partial charge in [0.2, 0.25) is 5.95 Å². The average molecular weight is 354 g/mol. The molecule has 137 valence electrons. The number of fused-ring (bicyclic) bond motifs is 1. The Kier molecular flexibility index (Phi) is 5.55. The van der Waals surface area contributed by atoms with Crippen molar-refractivity contribution in [2.45, 2.75) is 13.3 Å². The van der Waals surface area contributed by atoms with Crippen LogP contribution in [0.15, 0.2) is 30.5 Å². The number of benzene rings is 1. The third-order valence-electron chi connectivity index (χ3n) is 4.14. The van der Waals surface area contributed by atoms with E-state index >= 15 is 0 Å². The van der Waals surface area contributed by atoms with E-state index in [4.69, 9.17) is 4.74 Å². The van der Waals surface area contributed by atoms with E-state index in [0.717, 1.165) is 18.0 Å². The number of likely N-dealkylation sites (N-methyl/N-ethyl adjacent to an activating group) is 1. The quantitative estimate of drug-likeness (QED) is 0.860. The third kappa shape index (κ3) is 3.71. The van der Waals surface area contributed by atoms with Gasteiger partial charge in [0, 0.05) is 44.6 Å². The molecule has 1 aliphatic rings. The Bertz CT molecular complexity index is 780. The number of carbonyl (C=O) groups excluding carboxylic acids is 1. The summed E-state index contributed by atoms with van der Waals surface area (Å²) >= 11 is 0. The van der Waals surface area contributed by atoms with Crippen molar-refractivity contribution in [1.82, 2.24) is 9.97 Å². The van der Waals surface area contributed by atoms with Crippen molar-refractivity contribution < 1.29 is 9.53 Å². The van der Waals surface area contributed by atoms with Crippen LogP contribution in [0, 0.1) is 6.92 Å². The number of hydrogen-bond donors (Lipinski definition) is 1.